The molecule has 0 aliphatic rings. The Morgan fingerprint density at radius 2 is 2.00 bits per heavy atom. The zero-order valence-corrected chi connectivity index (χ0v) is 16.1. The number of phenolic OH excluding ortho intramolecular Hbond substituents is 1. The first-order valence-corrected chi connectivity index (χ1v) is 8.73. The van der Waals surface area contributed by atoms with E-state index in [-0.39, 0.29) is 17.3 Å². The molecule has 0 aliphatic heterocycles. The fourth-order valence-corrected chi connectivity index (χ4v) is 2.86. The average Bonchev–Trinajstić information content (AvgIpc) is 2.56. The van der Waals surface area contributed by atoms with Crippen LogP contribution in [0.5, 0.6) is 5.75 Å². The number of hydrazone groups is 1. The number of anilines is 1. The van der Waals surface area contributed by atoms with Crippen molar-refractivity contribution in [3.05, 3.63) is 56.4 Å². The van der Waals surface area contributed by atoms with Crippen molar-refractivity contribution in [2.75, 3.05) is 5.43 Å². The van der Waals surface area contributed by atoms with E-state index in [1.54, 1.807) is 6.07 Å². The molecular weight excluding hydrogens is 398 g/mol. The van der Waals surface area contributed by atoms with E-state index < -0.39 is 5.41 Å². The maximum absolute atomic E-state index is 12.1. The minimum atomic E-state index is -0.397. The summed E-state index contributed by atoms with van der Waals surface area (Å²) in [6.45, 7) is 5.66. The van der Waals surface area contributed by atoms with Crippen LogP contribution in [0.25, 0.3) is 10.8 Å². The molecule has 3 N–H and O–H groups in total. The number of phenols is 1. The molecule has 0 unspecified atom stereocenters. The van der Waals surface area contributed by atoms with Crippen molar-refractivity contribution in [3.8, 4) is 5.75 Å². The predicted octanol–water partition coefficient (Wildman–Crippen LogP) is 3.53. The van der Waals surface area contributed by atoms with Crippen LogP contribution in [0.1, 0.15) is 32.0 Å². The summed E-state index contributed by atoms with van der Waals surface area (Å²) in [7, 11) is 0. The molecule has 0 saturated heterocycles. The minimum absolute atomic E-state index is 0.105. The fraction of sp³-hybridized carbons (Fsp3) is 0.222. The molecule has 134 valence electrons. The second-order valence-corrected chi connectivity index (χ2v) is 7.75. The summed E-state index contributed by atoms with van der Waals surface area (Å²) >= 11 is 3.43. The Morgan fingerprint density at radius 3 is 2.69 bits per heavy atom. The highest BCUT2D eigenvalue weighted by molar-refractivity contribution is 9.10. The number of halogens is 1. The molecule has 3 rings (SSSR count). The van der Waals surface area contributed by atoms with Gasteiger partial charge in [-0.05, 0) is 29.0 Å². The van der Waals surface area contributed by atoms with Gasteiger partial charge in [0.15, 0.2) is 0 Å². The van der Waals surface area contributed by atoms with Crippen LogP contribution in [-0.4, -0.2) is 26.5 Å². The topological polar surface area (TPSA) is 103 Å². The van der Waals surface area contributed by atoms with Crippen LogP contribution in [-0.2, 0) is 5.41 Å². The fourth-order valence-electron chi connectivity index (χ4n) is 2.48. The van der Waals surface area contributed by atoms with Crippen LogP contribution in [0.15, 0.2) is 44.7 Å². The van der Waals surface area contributed by atoms with Crippen molar-refractivity contribution in [1.29, 1.82) is 0 Å². The van der Waals surface area contributed by atoms with Crippen molar-refractivity contribution in [2.45, 2.75) is 26.2 Å². The minimum Gasteiger partial charge on any atom is -0.507 e. The maximum atomic E-state index is 12.1. The summed E-state index contributed by atoms with van der Waals surface area (Å²) in [5, 5.41) is 23.9. The third-order valence-electron chi connectivity index (χ3n) is 3.77. The molecule has 0 atom stereocenters. The highest BCUT2D eigenvalue weighted by Gasteiger charge is 2.20. The molecule has 0 bridgehead atoms. The number of aromatic nitrogens is 3. The van der Waals surface area contributed by atoms with E-state index in [1.165, 1.54) is 6.21 Å². The summed E-state index contributed by atoms with van der Waals surface area (Å²) in [5.41, 5.74) is 2.83. The van der Waals surface area contributed by atoms with Gasteiger partial charge in [0, 0.05) is 15.5 Å². The van der Waals surface area contributed by atoms with E-state index in [1.807, 2.05) is 45.0 Å². The molecule has 0 aliphatic carbocycles. The van der Waals surface area contributed by atoms with Crippen molar-refractivity contribution in [1.82, 2.24) is 15.2 Å². The number of benzene rings is 2. The van der Waals surface area contributed by atoms with E-state index in [0.717, 1.165) is 15.2 Å². The van der Waals surface area contributed by atoms with Gasteiger partial charge in [0.1, 0.15) is 11.4 Å². The molecule has 26 heavy (non-hydrogen) atoms. The Balaban J connectivity index is 1.88. The van der Waals surface area contributed by atoms with E-state index >= 15 is 0 Å². The first-order valence-electron chi connectivity index (χ1n) is 7.93. The van der Waals surface area contributed by atoms with Gasteiger partial charge in [0.2, 0.25) is 5.95 Å². The Labute approximate surface area is 158 Å². The Kier molecular flexibility index (Phi) is 4.78. The van der Waals surface area contributed by atoms with Crippen molar-refractivity contribution in [3.63, 3.8) is 0 Å². The lowest BCUT2D eigenvalue weighted by Crippen LogP contribution is -2.28. The smallest absolute Gasteiger partial charge is 0.274 e. The summed E-state index contributed by atoms with van der Waals surface area (Å²) in [6, 6.07) is 9.17. The molecule has 0 radical (unpaired) electrons. The lowest BCUT2D eigenvalue weighted by Gasteiger charge is -2.15. The number of rotatable bonds is 3. The van der Waals surface area contributed by atoms with Crippen molar-refractivity contribution < 1.29 is 5.11 Å². The Hall–Kier alpha value is -2.74. The average molecular weight is 416 g/mol. The zero-order chi connectivity index (χ0) is 18.9. The highest BCUT2D eigenvalue weighted by Crippen LogP contribution is 2.28. The zero-order valence-electron chi connectivity index (χ0n) is 14.5. The van der Waals surface area contributed by atoms with Crippen LogP contribution in [0, 0.1) is 0 Å². The Morgan fingerprint density at radius 1 is 1.23 bits per heavy atom. The third-order valence-corrected chi connectivity index (χ3v) is 4.27. The Bertz CT molecular complexity index is 1050. The van der Waals surface area contributed by atoms with Gasteiger partial charge in [-0.25, -0.2) is 5.43 Å². The van der Waals surface area contributed by atoms with Gasteiger partial charge < -0.3 is 5.11 Å². The van der Waals surface area contributed by atoms with Crippen LogP contribution in [0.4, 0.5) is 5.95 Å². The molecule has 0 amide bonds. The third kappa shape index (κ3) is 3.75. The number of H-pyrrole nitrogens is 1. The molecule has 1 aromatic heterocycles. The molecule has 1 heterocycles. The van der Waals surface area contributed by atoms with Gasteiger partial charge in [-0.2, -0.15) is 5.10 Å². The standard InChI is InChI=1S/C18H18BrN5O2/c1-18(2,3)15-16(26)21-17(24-22-15)23-20-9-13-12-6-5-11(19)8-10(12)4-7-14(13)25/h4-9,25H,1-3H3,(H2,21,23,24,26)/b20-9+. The molecule has 0 spiro atoms. The molecule has 7 nitrogen and oxygen atoms in total. The van der Waals surface area contributed by atoms with Crippen LogP contribution >= 0.6 is 15.9 Å². The molecule has 0 fully saturated rings. The SMILES string of the molecule is CC(C)(C)c1nnc(N/N=C/c2c(O)ccc3cc(Br)ccc23)[nH]c1=O. The predicted molar refractivity (Wildman–Crippen MR) is 106 cm³/mol. The van der Waals surface area contributed by atoms with Gasteiger partial charge in [-0.15, -0.1) is 10.2 Å². The van der Waals surface area contributed by atoms with E-state index in [9.17, 15) is 9.90 Å². The van der Waals surface area contributed by atoms with E-state index in [2.05, 4.69) is 41.6 Å². The quantitative estimate of drug-likeness (QED) is 0.448. The second kappa shape index (κ2) is 6.87. The number of hydrogen-bond acceptors (Lipinski definition) is 6. The summed E-state index contributed by atoms with van der Waals surface area (Å²) in [4.78, 5) is 14.7. The summed E-state index contributed by atoms with van der Waals surface area (Å²) < 4.78 is 0.948. The molecular formula is C18H18BrN5O2. The lowest BCUT2D eigenvalue weighted by molar-refractivity contribution is 0.475. The number of aromatic hydroxyl groups is 1. The summed E-state index contributed by atoms with van der Waals surface area (Å²) in [5.74, 6) is 0.231. The van der Waals surface area contributed by atoms with Gasteiger partial charge in [-0.1, -0.05) is 48.8 Å². The largest absolute Gasteiger partial charge is 0.507 e. The van der Waals surface area contributed by atoms with Crippen molar-refractivity contribution >= 4 is 38.9 Å². The molecule has 8 heteroatoms. The second-order valence-electron chi connectivity index (χ2n) is 6.84. The lowest BCUT2D eigenvalue weighted by atomic mass is 9.93. The normalized spacial score (nSPS) is 12.0. The van der Waals surface area contributed by atoms with Gasteiger partial charge in [-0.3, -0.25) is 9.78 Å². The number of hydrogen-bond donors (Lipinski definition) is 3. The van der Waals surface area contributed by atoms with Gasteiger partial charge in [0.05, 0.1) is 6.21 Å². The summed E-state index contributed by atoms with van der Waals surface area (Å²) in [6.07, 6.45) is 1.48. The van der Waals surface area contributed by atoms with Crippen LogP contribution in [0.2, 0.25) is 0 Å². The first-order chi connectivity index (χ1) is 12.3. The van der Waals surface area contributed by atoms with E-state index in [0.29, 0.717) is 11.3 Å². The molecule has 3 aromatic rings. The van der Waals surface area contributed by atoms with Crippen LogP contribution in [0.3, 0.4) is 0 Å². The number of nitrogens with zero attached hydrogens (tertiary/aromatic N) is 3. The number of aromatic amines is 1. The van der Waals surface area contributed by atoms with Gasteiger partial charge in [0.25, 0.3) is 5.56 Å². The van der Waals surface area contributed by atoms with E-state index in [4.69, 9.17) is 0 Å². The number of nitrogens with one attached hydrogen (secondary N) is 2. The highest BCUT2D eigenvalue weighted by atomic mass is 79.9. The first kappa shape index (κ1) is 18.1. The van der Waals surface area contributed by atoms with Crippen LogP contribution < -0.4 is 11.0 Å². The van der Waals surface area contributed by atoms with Gasteiger partial charge >= 0.3 is 0 Å². The van der Waals surface area contributed by atoms with Crippen molar-refractivity contribution in [2.24, 2.45) is 5.10 Å². The molecule has 0 saturated carbocycles. The maximum Gasteiger partial charge on any atom is 0.274 e. The monoisotopic (exact) mass is 415 g/mol. The molecule has 2 aromatic carbocycles. The number of fused-ring (bicyclic) bond motifs is 1.